The summed E-state index contributed by atoms with van der Waals surface area (Å²) in [5.41, 5.74) is 0.334. The van der Waals surface area contributed by atoms with Gasteiger partial charge in [-0.3, -0.25) is 14.5 Å². The van der Waals surface area contributed by atoms with Crippen molar-refractivity contribution >= 4 is 17.8 Å². The Morgan fingerprint density at radius 3 is 2.57 bits per heavy atom. The van der Waals surface area contributed by atoms with E-state index in [9.17, 15) is 14.4 Å². The van der Waals surface area contributed by atoms with Crippen molar-refractivity contribution in [3.8, 4) is 17.2 Å². The maximum Gasteiger partial charge on any atom is 0.325 e. The average molecular weight is 480 g/mol. The molecular weight excluding hydrogens is 450 g/mol. The van der Waals surface area contributed by atoms with Crippen LogP contribution >= 0.6 is 0 Å². The highest BCUT2D eigenvalue weighted by Crippen LogP contribution is 2.38. The summed E-state index contributed by atoms with van der Waals surface area (Å²) in [4.78, 5) is 42.2. The predicted molar refractivity (Wildman–Crippen MR) is 126 cm³/mol. The number of rotatable bonds is 5. The van der Waals surface area contributed by atoms with Crippen LogP contribution in [0.2, 0.25) is 0 Å². The predicted octanol–water partition coefficient (Wildman–Crippen LogP) is 2.99. The molecule has 4 amide bonds. The number of carbonyl (C=O) groups is 3. The van der Waals surface area contributed by atoms with Crippen LogP contribution in [-0.4, -0.2) is 61.1 Å². The van der Waals surface area contributed by atoms with E-state index in [1.165, 1.54) is 0 Å². The van der Waals surface area contributed by atoms with Gasteiger partial charge in [0, 0.05) is 13.0 Å². The number of amides is 4. The molecule has 2 unspecified atom stereocenters. The molecule has 0 aromatic heterocycles. The summed E-state index contributed by atoms with van der Waals surface area (Å²) in [6.07, 6.45) is 2.46. The topological polar surface area (TPSA) is 97.4 Å². The zero-order valence-electron chi connectivity index (χ0n) is 19.9. The Bertz CT molecular complexity index is 1150. The Morgan fingerprint density at radius 1 is 1.09 bits per heavy atom. The molecule has 2 aromatic rings. The number of ether oxygens (including phenoxy) is 3. The fourth-order valence-electron chi connectivity index (χ4n) is 4.99. The molecule has 35 heavy (non-hydrogen) atoms. The molecule has 3 aliphatic rings. The van der Waals surface area contributed by atoms with Gasteiger partial charge >= 0.3 is 6.03 Å². The van der Waals surface area contributed by atoms with E-state index < -0.39 is 17.5 Å². The first-order valence-corrected chi connectivity index (χ1v) is 11.9. The second-order valence-electron chi connectivity index (χ2n) is 9.18. The second kappa shape index (κ2) is 9.13. The number of hydrogen-bond acceptors (Lipinski definition) is 6. The fraction of sp³-hybridized carbons (Fsp3) is 0.423. The van der Waals surface area contributed by atoms with Crippen molar-refractivity contribution < 1.29 is 28.6 Å². The number of likely N-dealkylation sites (tertiary alicyclic amines) is 1. The number of hydrogen-bond donors (Lipinski definition) is 1. The van der Waals surface area contributed by atoms with E-state index in [0.29, 0.717) is 42.6 Å². The van der Waals surface area contributed by atoms with Gasteiger partial charge in [0.15, 0.2) is 11.5 Å². The largest absolute Gasteiger partial charge is 0.497 e. The van der Waals surface area contributed by atoms with E-state index in [4.69, 9.17) is 14.2 Å². The number of carbonyl (C=O) groups excluding carboxylic acids is 3. The smallest absolute Gasteiger partial charge is 0.325 e. The molecule has 0 aliphatic carbocycles. The van der Waals surface area contributed by atoms with Gasteiger partial charge < -0.3 is 24.4 Å². The van der Waals surface area contributed by atoms with Crippen LogP contribution in [0.4, 0.5) is 4.79 Å². The molecule has 0 bridgehead atoms. The molecular formula is C26H29N3O6. The molecule has 2 fully saturated rings. The van der Waals surface area contributed by atoms with Crippen molar-refractivity contribution in [3.05, 3.63) is 53.6 Å². The number of methoxy groups -OCH3 is 1. The maximum absolute atomic E-state index is 13.3. The van der Waals surface area contributed by atoms with E-state index in [-0.39, 0.29) is 18.5 Å². The summed E-state index contributed by atoms with van der Waals surface area (Å²) >= 11 is 0. The van der Waals surface area contributed by atoms with Crippen LogP contribution < -0.4 is 19.5 Å². The Balaban J connectivity index is 1.32. The standard InChI is InChI=1S/C26H29N3O6/c1-26(18-7-9-19(33-2)10-8-18)24(31)29(25(32)27-26)16-23(30)28-12-3-5-20(28)17-6-11-21-22(15-17)35-14-4-13-34-21/h6-11,15,20H,3-5,12-14,16H2,1-2H3,(H,27,32). The Kier molecular flexibility index (Phi) is 6.00. The minimum Gasteiger partial charge on any atom is -0.497 e. The third-order valence-corrected chi connectivity index (χ3v) is 6.97. The summed E-state index contributed by atoms with van der Waals surface area (Å²) in [6.45, 7) is 3.11. The fourth-order valence-corrected chi connectivity index (χ4v) is 4.99. The molecule has 2 saturated heterocycles. The lowest BCUT2D eigenvalue weighted by molar-refractivity contribution is -0.139. The Morgan fingerprint density at radius 2 is 1.83 bits per heavy atom. The quantitative estimate of drug-likeness (QED) is 0.663. The monoisotopic (exact) mass is 479 g/mol. The summed E-state index contributed by atoms with van der Waals surface area (Å²) in [5, 5.41) is 2.76. The molecule has 2 atom stereocenters. The van der Waals surface area contributed by atoms with Crippen LogP contribution in [-0.2, 0) is 15.1 Å². The van der Waals surface area contributed by atoms with Crippen molar-refractivity contribution in [2.24, 2.45) is 0 Å². The van der Waals surface area contributed by atoms with Crippen LogP contribution in [0.5, 0.6) is 17.2 Å². The summed E-state index contributed by atoms with van der Waals surface area (Å²) in [6, 6.07) is 12.0. The van der Waals surface area contributed by atoms with E-state index in [2.05, 4.69) is 5.32 Å². The zero-order valence-corrected chi connectivity index (χ0v) is 19.9. The highest BCUT2D eigenvalue weighted by Gasteiger charge is 2.50. The Hall–Kier alpha value is -3.75. The van der Waals surface area contributed by atoms with Crippen LogP contribution in [0.3, 0.4) is 0 Å². The zero-order chi connectivity index (χ0) is 24.6. The van der Waals surface area contributed by atoms with Gasteiger partial charge in [0.05, 0.1) is 26.4 Å². The lowest BCUT2D eigenvalue weighted by Crippen LogP contribution is -2.44. The molecule has 1 N–H and O–H groups in total. The molecule has 5 rings (SSSR count). The highest BCUT2D eigenvalue weighted by molar-refractivity contribution is 6.09. The van der Waals surface area contributed by atoms with Crippen molar-refractivity contribution in [2.75, 3.05) is 33.4 Å². The van der Waals surface area contributed by atoms with Crippen molar-refractivity contribution in [1.82, 2.24) is 15.1 Å². The summed E-state index contributed by atoms with van der Waals surface area (Å²) in [7, 11) is 1.56. The van der Waals surface area contributed by atoms with E-state index in [1.807, 2.05) is 18.2 Å². The van der Waals surface area contributed by atoms with Gasteiger partial charge in [0.1, 0.15) is 17.8 Å². The molecule has 184 valence electrons. The minimum atomic E-state index is -1.25. The molecule has 2 aromatic carbocycles. The molecule has 9 nitrogen and oxygen atoms in total. The third kappa shape index (κ3) is 4.15. The van der Waals surface area contributed by atoms with Crippen LogP contribution in [0.25, 0.3) is 0 Å². The normalized spacial score (nSPS) is 23.8. The summed E-state index contributed by atoms with van der Waals surface area (Å²) < 4.78 is 16.7. The number of nitrogens with one attached hydrogen (secondary N) is 1. The molecule has 0 saturated carbocycles. The van der Waals surface area contributed by atoms with Gasteiger partial charge in [-0.15, -0.1) is 0 Å². The van der Waals surface area contributed by atoms with Gasteiger partial charge in [0.2, 0.25) is 5.91 Å². The van der Waals surface area contributed by atoms with Gasteiger partial charge in [-0.2, -0.15) is 0 Å². The first-order chi connectivity index (χ1) is 16.9. The van der Waals surface area contributed by atoms with Crippen LogP contribution in [0.15, 0.2) is 42.5 Å². The number of nitrogens with zero attached hydrogens (tertiary/aromatic N) is 2. The second-order valence-corrected chi connectivity index (χ2v) is 9.18. The third-order valence-electron chi connectivity index (χ3n) is 6.97. The van der Waals surface area contributed by atoms with Crippen molar-refractivity contribution in [2.45, 2.75) is 37.8 Å². The molecule has 3 aliphatic heterocycles. The lowest BCUT2D eigenvalue weighted by Gasteiger charge is -2.27. The molecule has 3 heterocycles. The SMILES string of the molecule is COc1ccc(C2(C)NC(=O)N(CC(=O)N3CCCC3c3ccc4c(c3)OCCCO4)C2=O)cc1. The number of imide groups is 1. The average Bonchev–Trinajstić information content (AvgIpc) is 3.34. The number of benzene rings is 2. The lowest BCUT2D eigenvalue weighted by atomic mass is 9.92. The number of fused-ring (bicyclic) bond motifs is 1. The van der Waals surface area contributed by atoms with Crippen molar-refractivity contribution in [3.63, 3.8) is 0 Å². The van der Waals surface area contributed by atoms with E-state index in [1.54, 1.807) is 43.2 Å². The van der Waals surface area contributed by atoms with Crippen LogP contribution in [0.1, 0.15) is 43.4 Å². The van der Waals surface area contributed by atoms with Crippen molar-refractivity contribution in [1.29, 1.82) is 0 Å². The highest BCUT2D eigenvalue weighted by atomic mass is 16.5. The molecule has 0 radical (unpaired) electrons. The first-order valence-electron chi connectivity index (χ1n) is 11.9. The maximum atomic E-state index is 13.3. The molecule has 9 heteroatoms. The van der Waals surface area contributed by atoms with Gasteiger partial charge in [-0.25, -0.2) is 4.79 Å². The van der Waals surface area contributed by atoms with E-state index in [0.717, 1.165) is 29.7 Å². The van der Waals surface area contributed by atoms with Crippen LogP contribution in [0, 0.1) is 0 Å². The molecule has 0 spiro atoms. The van der Waals surface area contributed by atoms with E-state index >= 15 is 0 Å². The number of urea groups is 1. The van der Waals surface area contributed by atoms with Gasteiger partial charge in [-0.05, 0) is 55.2 Å². The van der Waals surface area contributed by atoms with Gasteiger partial charge in [0.25, 0.3) is 5.91 Å². The minimum absolute atomic E-state index is 0.145. The first kappa shape index (κ1) is 23.0. The Labute approximate surface area is 203 Å². The summed E-state index contributed by atoms with van der Waals surface area (Å²) in [5.74, 6) is 1.33. The van der Waals surface area contributed by atoms with Gasteiger partial charge in [-0.1, -0.05) is 18.2 Å².